The molecule has 3 amide bonds. The summed E-state index contributed by atoms with van der Waals surface area (Å²) < 4.78 is 0.970. The van der Waals surface area contributed by atoms with Gasteiger partial charge in [-0.05, 0) is 30.7 Å². The number of hydrogen-bond donors (Lipinski definition) is 3. The van der Waals surface area contributed by atoms with Gasteiger partial charge in [0.1, 0.15) is 0 Å². The molecule has 0 aromatic heterocycles. The Hall–Kier alpha value is -1.56. The van der Waals surface area contributed by atoms with Crippen molar-refractivity contribution in [3.05, 3.63) is 28.2 Å². The van der Waals surface area contributed by atoms with Crippen molar-refractivity contribution < 1.29 is 9.59 Å². The van der Waals surface area contributed by atoms with Crippen LogP contribution in [0.2, 0.25) is 0 Å². The summed E-state index contributed by atoms with van der Waals surface area (Å²) in [5, 5.41) is 4.88. The van der Waals surface area contributed by atoms with Gasteiger partial charge < -0.3 is 11.1 Å². The second-order valence-corrected chi connectivity index (χ2v) is 4.14. The van der Waals surface area contributed by atoms with Crippen LogP contribution in [0.5, 0.6) is 0 Å². The molecule has 0 aliphatic heterocycles. The third kappa shape index (κ3) is 3.90. The Morgan fingerprint density at radius 3 is 2.69 bits per heavy atom. The van der Waals surface area contributed by atoms with Crippen LogP contribution in [0.1, 0.15) is 5.56 Å². The molecule has 0 heterocycles. The molecule has 6 heteroatoms. The molecule has 5 nitrogen and oxygen atoms in total. The highest BCUT2D eigenvalue weighted by Gasteiger charge is 2.04. The third-order valence-electron chi connectivity index (χ3n) is 1.89. The van der Waals surface area contributed by atoms with Crippen LogP contribution < -0.4 is 16.4 Å². The van der Waals surface area contributed by atoms with Crippen LogP contribution >= 0.6 is 15.9 Å². The summed E-state index contributed by atoms with van der Waals surface area (Å²) in [4.78, 5) is 21.5. The van der Waals surface area contributed by atoms with E-state index in [-0.39, 0.29) is 6.54 Å². The lowest BCUT2D eigenvalue weighted by atomic mass is 10.2. The Labute approximate surface area is 102 Å². The molecule has 1 aromatic carbocycles. The van der Waals surface area contributed by atoms with Gasteiger partial charge in [0, 0.05) is 10.2 Å². The minimum Gasteiger partial charge on any atom is -0.376 e. The lowest BCUT2D eigenvalue weighted by Gasteiger charge is -2.08. The van der Waals surface area contributed by atoms with Crippen molar-refractivity contribution >= 4 is 33.6 Å². The summed E-state index contributed by atoms with van der Waals surface area (Å²) in [6, 6.07) is 4.78. The summed E-state index contributed by atoms with van der Waals surface area (Å²) in [6.07, 6.45) is 0. The van der Waals surface area contributed by atoms with Gasteiger partial charge in [-0.15, -0.1) is 0 Å². The fraction of sp³-hybridized carbons (Fsp3) is 0.200. The van der Waals surface area contributed by atoms with Crippen LogP contribution in [0, 0.1) is 6.92 Å². The number of nitrogens with two attached hydrogens (primary N) is 1. The van der Waals surface area contributed by atoms with Crippen LogP contribution in [0.15, 0.2) is 22.7 Å². The highest BCUT2D eigenvalue weighted by molar-refractivity contribution is 9.10. The Bertz CT molecular complexity index is 421. The highest BCUT2D eigenvalue weighted by Crippen LogP contribution is 2.19. The minimum atomic E-state index is -0.848. The summed E-state index contributed by atoms with van der Waals surface area (Å²) in [5.74, 6) is -0.463. The van der Waals surface area contributed by atoms with E-state index < -0.39 is 11.9 Å². The minimum absolute atomic E-state index is 0.00537. The number of anilines is 1. The average molecular weight is 286 g/mol. The number of hydrogen-bond acceptors (Lipinski definition) is 3. The molecule has 0 aliphatic carbocycles. The predicted molar refractivity (Wildman–Crippen MR) is 65.1 cm³/mol. The lowest BCUT2D eigenvalue weighted by Crippen LogP contribution is -2.38. The van der Waals surface area contributed by atoms with Gasteiger partial charge in [0.25, 0.3) is 0 Å². The first-order valence-corrected chi connectivity index (χ1v) is 5.37. The standard InChI is InChI=1S/C10H12BrN3O2/c1-6-4-7(11)2-3-8(6)13-5-9(15)14-10(12)16/h2-4,13H,5H2,1H3,(H3,12,14,15,16). The number of urea groups is 1. The first kappa shape index (κ1) is 12.5. The second-order valence-electron chi connectivity index (χ2n) is 3.23. The number of rotatable bonds is 3. The number of primary amides is 1. The van der Waals surface area contributed by atoms with E-state index in [4.69, 9.17) is 5.73 Å². The fourth-order valence-electron chi connectivity index (χ4n) is 1.18. The Balaban J connectivity index is 2.54. The molecule has 0 radical (unpaired) electrons. The molecule has 0 unspecified atom stereocenters. The third-order valence-corrected chi connectivity index (χ3v) is 2.38. The smallest absolute Gasteiger partial charge is 0.318 e. The van der Waals surface area contributed by atoms with Crippen LogP contribution in [-0.2, 0) is 4.79 Å². The van der Waals surface area contributed by atoms with E-state index in [2.05, 4.69) is 21.2 Å². The maximum absolute atomic E-state index is 11.1. The molecule has 0 bridgehead atoms. The summed E-state index contributed by atoms with van der Waals surface area (Å²) in [5.41, 5.74) is 6.64. The van der Waals surface area contributed by atoms with Crippen molar-refractivity contribution in [2.24, 2.45) is 5.73 Å². The molecular formula is C10H12BrN3O2. The van der Waals surface area contributed by atoms with Crippen molar-refractivity contribution in [2.45, 2.75) is 6.92 Å². The summed E-state index contributed by atoms with van der Waals surface area (Å²) in [7, 11) is 0. The molecule has 86 valence electrons. The SMILES string of the molecule is Cc1cc(Br)ccc1NCC(=O)NC(N)=O. The van der Waals surface area contributed by atoms with Gasteiger partial charge in [-0.1, -0.05) is 15.9 Å². The van der Waals surface area contributed by atoms with Gasteiger partial charge in [0.2, 0.25) is 5.91 Å². The topological polar surface area (TPSA) is 84.2 Å². The molecular weight excluding hydrogens is 274 g/mol. The molecule has 1 aromatic rings. The molecule has 0 fully saturated rings. The largest absolute Gasteiger partial charge is 0.376 e. The van der Waals surface area contributed by atoms with Gasteiger partial charge in [0.05, 0.1) is 6.54 Å². The van der Waals surface area contributed by atoms with E-state index in [0.29, 0.717) is 0 Å². The maximum atomic E-state index is 11.1. The first-order chi connectivity index (χ1) is 7.49. The molecule has 0 saturated heterocycles. The van der Waals surface area contributed by atoms with Crippen LogP contribution in [-0.4, -0.2) is 18.5 Å². The van der Waals surface area contributed by atoms with E-state index in [1.165, 1.54) is 0 Å². The number of imide groups is 1. The number of carbonyl (C=O) groups is 2. The van der Waals surface area contributed by atoms with Crippen molar-refractivity contribution in [3.8, 4) is 0 Å². The van der Waals surface area contributed by atoms with Crippen LogP contribution in [0.4, 0.5) is 10.5 Å². The molecule has 0 atom stereocenters. The van der Waals surface area contributed by atoms with Gasteiger partial charge >= 0.3 is 6.03 Å². The fourth-order valence-corrected chi connectivity index (χ4v) is 1.66. The molecule has 16 heavy (non-hydrogen) atoms. The van der Waals surface area contributed by atoms with E-state index in [9.17, 15) is 9.59 Å². The van der Waals surface area contributed by atoms with Gasteiger partial charge in [0.15, 0.2) is 0 Å². The quantitative estimate of drug-likeness (QED) is 0.784. The number of carbonyl (C=O) groups excluding carboxylic acids is 2. The summed E-state index contributed by atoms with van der Waals surface area (Å²) in [6.45, 7) is 1.92. The van der Waals surface area contributed by atoms with E-state index in [1.54, 1.807) is 0 Å². The molecule has 0 saturated carbocycles. The van der Waals surface area contributed by atoms with Crippen molar-refractivity contribution in [1.29, 1.82) is 0 Å². The van der Waals surface area contributed by atoms with E-state index in [0.717, 1.165) is 15.7 Å². The Morgan fingerprint density at radius 2 is 2.12 bits per heavy atom. The zero-order valence-corrected chi connectivity index (χ0v) is 10.3. The van der Waals surface area contributed by atoms with E-state index in [1.807, 2.05) is 30.4 Å². The normalized spacial score (nSPS) is 9.62. The molecule has 4 N–H and O–H groups in total. The molecule has 0 aliphatic rings. The van der Waals surface area contributed by atoms with Crippen LogP contribution in [0.25, 0.3) is 0 Å². The van der Waals surface area contributed by atoms with Crippen molar-refractivity contribution in [2.75, 3.05) is 11.9 Å². The van der Waals surface area contributed by atoms with Crippen molar-refractivity contribution in [3.63, 3.8) is 0 Å². The highest BCUT2D eigenvalue weighted by atomic mass is 79.9. The zero-order chi connectivity index (χ0) is 12.1. The lowest BCUT2D eigenvalue weighted by molar-refractivity contribution is -0.118. The molecule has 1 rings (SSSR count). The Kier molecular flexibility index (Phi) is 4.30. The number of benzene rings is 1. The van der Waals surface area contributed by atoms with Gasteiger partial charge in [-0.25, -0.2) is 4.79 Å². The molecule has 0 spiro atoms. The summed E-state index contributed by atoms with van der Waals surface area (Å²) >= 11 is 3.34. The van der Waals surface area contributed by atoms with Crippen LogP contribution in [0.3, 0.4) is 0 Å². The van der Waals surface area contributed by atoms with Crippen molar-refractivity contribution in [1.82, 2.24) is 5.32 Å². The Morgan fingerprint density at radius 1 is 1.44 bits per heavy atom. The number of amides is 3. The number of aryl methyl sites for hydroxylation is 1. The van der Waals surface area contributed by atoms with Gasteiger partial charge in [-0.3, -0.25) is 10.1 Å². The second kappa shape index (κ2) is 5.50. The average Bonchev–Trinajstić information content (AvgIpc) is 2.15. The number of halogens is 1. The van der Waals surface area contributed by atoms with Gasteiger partial charge in [-0.2, -0.15) is 0 Å². The monoisotopic (exact) mass is 285 g/mol. The zero-order valence-electron chi connectivity index (χ0n) is 8.71. The predicted octanol–water partition coefficient (Wildman–Crippen LogP) is 1.36. The first-order valence-electron chi connectivity index (χ1n) is 4.58. The number of nitrogens with one attached hydrogen (secondary N) is 2. The van der Waals surface area contributed by atoms with E-state index >= 15 is 0 Å². The maximum Gasteiger partial charge on any atom is 0.318 e.